The lowest BCUT2D eigenvalue weighted by atomic mass is 10.1. The minimum absolute atomic E-state index is 0.0631. The minimum Gasteiger partial charge on any atom is -0.367 e. The first kappa shape index (κ1) is 14.8. The summed E-state index contributed by atoms with van der Waals surface area (Å²) in [4.78, 5) is 12.6. The van der Waals surface area contributed by atoms with E-state index in [2.05, 4.69) is 10.3 Å². The number of nitro groups is 1. The van der Waals surface area contributed by atoms with Gasteiger partial charge in [-0.3, -0.25) is 16.0 Å². The van der Waals surface area contributed by atoms with Crippen LogP contribution in [0.1, 0.15) is 12.5 Å². The summed E-state index contributed by atoms with van der Waals surface area (Å²) in [7, 11) is 0. The number of nitro benzene ring substituents is 1. The predicted octanol–water partition coefficient (Wildman–Crippen LogP) is 2.91. The SMILES string of the molecule is CCN(Cc1cc([N+](=O)[O-])ccc1NN)c1ccccc1. The zero-order valence-corrected chi connectivity index (χ0v) is 11.8. The number of non-ortho nitro benzene ring substituents is 1. The quantitative estimate of drug-likeness (QED) is 0.484. The number of para-hydroxylation sites is 1. The van der Waals surface area contributed by atoms with Crippen molar-refractivity contribution in [3.05, 3.63) is 64.2 Å². The molecule has 0 aliphatic rings. The molecule has 21 heavy (non-hydrogen) atoms. The molecular formula is C15H18N4O2. The van der Waals surface area contributed by atoms with Gasteiger partial charge in [-0.2, -0.15) is 0 Å². The summed E-state index contributed by atoms with van der Waals surface area (Å²) in [6.45, 7) is 3.37. The maximum atomic E-state index is 10.9. The van der Waals surface area contributed by atoms with Crippen LogP contribution in [0.25, 0.3) is 0 Å². The molecule has 0 radical (unpaired) electrons. The third-order valence-electron chi connectivity index (χ3n) is 3.32. The maximum absolute atomic E-state index is 10.9. The van der Waals surface area contributed by atoms with Crippen molar-refractivity contribution in [1.29, 1.82) is 0 Å². The van der Waals surface area contributed by atoms with E-state index in [-0.39, 0.29) is 5.69 Å². The van der Waals surface area contributed by atoms with Crippen LogP contribution in [-0.2, 0) is 6.54 Å². The van der Waals surface area contributed by atoms with Gasteiger partial charge in [0.05, 0.1) is 10.6 Å². The Morgan fingerprint density at radius 1 is 1.24 bits per heavy atom. The van der Waals surface area contributed by atoms with Crippen molar-refractivity contribution in [2.75, 3.05) is 16.9 Å². The van der Waals surface area contributed by atoms with Gasteiger partial charge in [0, 0.05) is 36.5 Å². The molecule has 2 aromatic rings. The van der Waals surface area contributed by atoms with Gasteiger partial charge in [-0.25, -0.2) is 0 Å². The Balaban J connectivity index is 2.32. The average Bonchev–Trinajstić information content (AvgIpc) is 2.53. The summed E-state index contributed by atoms with van der Waals surface area (Å²) >= 11 is 0. The van der Waals surface area contributed by atoms with Crippen LogP contribution in [0.3, 0.4) is 0 Å². The van der Waals surface area contributed by atoms with Gasteiger partial charge in [-0.05, 0) is 25.1 Å². The largest absolute Gasteiger partial charge is 0.367 e. The molecule has 0 aromatic heterocycles. The summed E-state index contributed by atoms with van der Waals surface area (Å²) in [5.41, 5.74) is 5.20. The van der Waals surface area contributed by atoms with Crippen molar-refractivity contribution < 1.29 is 4.92 Å². The molecule has 6 nitrogen and oxygen atoms in total. The van der Waals surface area contributed by atoms with E-state index in [0.29, 0.717) is 12.2 Å². The monoisotopic (exact) mass is 286 g/mol. The second-order valence-electron chi connectivity index (χ2n) is 4.59. The molecule has 2 rings (SSSR count). The number of hydrazine groups is 1. The first-order valence-electron chi connectivity index (χ1n) is 6.69. The van der Waals surface area contributed by atoms with E-state index in [4.69, 9.17) is 5.84 Å². The number of benzene rings is 2. The van der Waals surface area contributed by atoms with Crippen molar-refractivity contribution in [1.82, 2.24) is 0 Å². The van der Waals surface area contributed by atoms with Crippen molar-refractivity contribution in [3.8, 4) is 0 Å². The van der Waals surface area contributed by atoms with Crippen LogP contribution >= 0.6 is 0 Å². The molecule has 0 bridgehead atoms. The number of rotatable bonds is 6. The Labute approximate surface area is 123 Å². The van der Waals surface area contributed by atoms with E-state index < -0.39 is 4.92 Å². The van der Waals surface area contributed by atoms with Gasteiger partial charge in [0.2, 0.25) is 0 Å². The van der Waals surface area contributed by atoms with Crippen LogP contribution < -0.4 is 16.2 Å². The number of nitrogen functional groups attached to an aromatic ring is 1. The molecular weight excluding hydrogens is 268 g/mol. The van der Waals surface area contributed by atoms with Gasteiger partial charge in [0.25, 0.3) is 5.69 Å². The first-order valence-corrected chi connectivity index (χ1v) is 6.69. The minimum atomic E-state index is -0.400. The van der Waals surface area contributed by atoms with Crippen LogP contribution in [0.5, 0.6) is 0 Å². The molecule has 2 aromatic carbocycles. The molecule has 0 saturated carbocycles. The standard InChI is InChI=1S/C15H18N4O2/c1-2-18(13-6-4-3-5-7-13)11-12-10-14(19(20)21)8-9-15(12)17-16/h3-10,17H,2,11,16H2,1H3. The van der Waals surface area contributed by atoms with Crippen LogP contribution in [0, 0.1) is 10.1 Å². The molecule has 0 spiro atoms. The first-order chi connectivity index (χ1) is 10.2. The highest BCUT2D eigenvalue weighted by molar-refractivity contribution is 5.57. The van der Waals surface area contributed by atoms with Gasteiger partial charge < -0.3 is 10.3 Å². The van der Waals surface area contributed by atoms with E-state index >= 15 is 0 Å². The van der Waals surface area contributed by atoms with Gasteiger partial charge >= 0.3 is 0 Å². The molecule has 0 heterocycles. The van der Waals surface area contributed by atoms with E-state index in [1.807, 2.05) is 37.3 Å². The maximum Gasteiger partial charge on any atom is 0.269 e. The van der Waals surface area contributed by atoms with Crippen molar-refractivity contribution in [3.63, 3.8) is 0 Å². The van der Waals surface area contributed by atoms with Crippen LogP contribution in [-0.4, -0.2) is 11.5 Å². The highest BCUT2D eigenvalue weighted by Crippen LogP contribution is 2.25. The Bertz CT molecular complexity index is 616. The number of hydrogen-bond acceptors (Lipinski definition) is 5. The molecule has 0 fully saturated rings. The fourth-order valence-electron chi connectivity index (χ4n) is 2.20. The molecule has 0 saturated heterocycles. The third kappa shape index (κ3) is 3.49. The van der Waals surface area contributed by atoms with E-state index in [1.165, 1.54) is 6.07 Å². The Kier molecular flexibility index (Phi) is 4.73. The van der Waals surface area contributed by atoms with Crippen LogP contribution in [0.2, 0.25) is 0 Å². The second kappa shape index (κ2) is 6.71. The van der Waals surface area contributed by atoms with Crippen LogP contribution in [0.4, 0.5) is 17.1 Å². The zero-order chi connectivity index (χ0) is 15.2. The molecule has 0 unspecified atom stereocenters. The number of anilines is 2. The number of hydrogen-bond donors (Lipinski definition) is 2. The molecule has 0 atom stereocenters. The summed E-state index contributed by atoms with van der Waals surface area (Å²) in [5, 5.41) is 10.9. The van der Waals surface area contributed by atoms with Gasteiger partial charge in [-0.15, -0.1) is 0 Å². The number of nitrogens with zero attached hydrogens (tertiary/aromatic N) is 2. The molecule has 0 amide bonds. The normalized spacial score (nSPS) is 10.2. The van der Waals surface area contributed by atoms with Crippen LogP contribution in [0.15, 0.2) is 48.5 Å². The van der Waals surface area contributed by atoms with Crippen molar-refractivity contribution in [2.24, 2.45) is 5.84 Å². The fourth-order valence-corrected chi connectivity index (χ4v) is 2.20. The lowest BCUT2D eigenvalue weighted by Crippen LogP contribution is -2.23. The van der Waals surface area contributed by atoms with Crippen molar-refractivity contribution >= 4 is 17.1 Å². The molecule has 0 aliphatic heterocycles. The summed E-state index contributed by atoms with van der Waals surface area (Å²) in [5.74, 6) is 5.49. The highest BCUT2D eigenvalue weighted by atomic mass is 16.6. The Hall–Kier alpha value is -2.60. The summed E-state index contributed by atoms with van der Waals surface area (Å²) in [6.07, 6.45) is 0. The lowest BCUT2D eigenvalue weighted by Gasteiger charge is -2.24. The average molecular weight is 286 g/mol. The molecule has 3 N–H and O–H groups in total. The van der Waals surface area contributed by atoms with Crippen molar-refractivity contribution in [2.45, 2.75) is 13.5 Å². The Morgan fingerprint density at radius 3 is 2.52 bits per heavy atom. The zero-order valence-electron chi connectivity index (χ0n) is 11.8. The van der Waals surface area contributed by atoms with Gasteiger partial charge in [-0.1, -0.05) is 18.2 Å². The lowest BCUT2D eigenvalue weighted by molar-refractivity contribution is -0.384. The predicted molar refractivity (Wildman–Crippen MR) is 84.1 cm³/mol. The van der Waals surface area contributed by atoms with E-state index in [1.54, 1.807) is 12.1 Å². The van der Waals surface area contributed by atoms with Gasteiger partial charge in [0.1, 0.15) is 0 Å². The fraction of sp³-hybridized carbons (Fsp3) is 0.200. The third-order valence-corrected chi connectivity index (χ3v) is 3.32. The topological polar surface area (TPSA) is 84.4 Å². The second-order valence-corrected chi connectivity index (χ2v) is 4.59. The molecule has 6 heteroatoms. The Morgan fingerprint density at radius 2 is 1.95 bits per heavy atom. The smallest absolute Gasteiger partial charge is 0.269 e. The number of nitrogens with one attached hydrogen (secondary N) is 1. The van der Waals surface area contributed by atoms with Gasteiger partial charge in [0.15, 0.2) is 0 Å². The number of nitrogens with two attached hydrogens (primary N) is 1. The molecule has 0 aliphatic carbocycles. The summed E-state index contributed by atoms with van der Waals surface area (Å²) < 4.78 is 0. The summed E-state index contributed by atoms with van der Waals surface area (Å²) in [6, 6.07) is 14.5. The van der Waals surface area contributed by atoms with E-state index in [0.717, 1.165) is 17.8 Å². The molecule has 110 valence electrons. The highest BCUT2D eigenvalue weighted by Gasteiger charge is 2.13. The van der Waals surface area contributed by atoms with E-state index in [9.17, 15) is 10.1 Å².